The zero-order valence-electron chi connectivity index (χ0n) is 7.41. The van der Waals surface area contributed by atoms with E-state index in [1.165, 1.54) is 4.90 Å². The van der Waals surface area contributed by atoms with Gasteiger partial charge >= 0.3 is 0 Å². The molecule has 1 aromatic rings. The average Bonchev–Trinajstić information content (AvgIpc) is 2.15. The van der Waals surface area contributed by atoms with E-state index in [-0.39, 0.29) is 0 Å². The van der Waals surface area contributed by atoms with Crippen LogP contribution < -0.4 is 4.74 Å². The van der Waals surface area contributed by atoms with E-state index in [0.29, 0.717) is 0 Å². The summed E-state index contributed by atoms with van der Waals surface area (Å²) in [4.78, 5) is 5.31. The monoisotopic (exact) mass is 183 g/mol. The lowest BCUT2D eigenvalue weighted by molar-refractivity contribution is 0.305. The zero-order valence-corrected chi connectivity index (χ0v) is 8.23. The molecule has 0 aliphatic rings. The van der Waals surface area contributed by atoms with E-state index in [2.05, 4.69) is 11.9 Å². The van der Waals surface area contributed by atoms with Gasteiger partial charge in [-0.15, -0.1) is 11.8 Å². The lowest BCUT2D eigenvalue weighted by Gasteiger charge is -2.02. The molecule has 1 heterocycles. The molecule has 0 aromatic carbocycles. The molecule has 0 aliphatic carbocycles. The second-order valence-corrected chi connectivity index (χ2v) is 3.26. The molecule has 12 heavy (non-hydrogen) atoms. The van der Waals surface area contributed by atoms with E-state index in [0.717, 1.165) is 18.9 Å². The molecular weight excluding hydrogens is 170 g/mol. The maximum absolute atomic E-state index is 5.33. The van der Waals surface area contributed by atoms with Crippen LogP contribution >= 0.6 is 11.8 Å². The molecule has 0 bridgehead atoms. The van der Waals surface area contributed by atoms with Gasteiger partial charge in [0.25, 0.3) is 0 Å². The Labute approximate surface area is 77.3 Å². The van der Waals surface area contributed by atoms with E-state index >= 15 is 0 Å². The van der Waals surface area contributed by atoms with E-state index in [4.69, 9.17) is 4.74 Å². The van der Waals surface area contributed by atoms with Crippen LogP contribution in [0.25, 0.3) is 0 Å². The third kappa shape index (κ3) is 2.74. The van der Waals surface area contributed by atoms with Gasteiger partial charge in [-0.3, -0.25) is 0 Å². The first-order chi connectivity index (χ1) is 5.86. The maximum atomic E-state index is 5.33. The van der Waals surface area contributed by atoms with E-state index in [1.807, 2.05) is 24.6 Å². The highest BCUT2D eigenvalue weighted by atomic mass is 32.2. The highest BCUT2D eigenvalue weighted by Crippen LogP contribution is 2.15. The second-order valence-electron chi connectivity index (χ2n) is 2.38. The van der Waals surface area contributed by atoms with E-state index in [1.54, 1.807) is 11.8 Å². The highest BCUT2D eigenvalue weighted by molar-refractivity contribution is 7.98. The van der Waals surface area contributed by atoms with Crippen molar-refractivity contribution in [3.63, 3.8) is 0 Å². The Morgan fingerprint density at radius 1 is 1.50 bits per heavy atom. The van der Waals surface area contributed by atoms with Crippen LogP contribution in [0.2, 0.25) is 0 Å². The van der Waals surface area contributed by atoms with Gasteiger partial charge < -0.3 is 4.74 Å². The molecule has 0 fully saturated rings. The molecule has 66 valence electrons. The molecule has 0 amide bonds. The molecule has 1 rings (SSSR count). The Kier molecular flexibility index (Phi) is 3.94. The topological polar surface area (TPSA) is 22.1 Å². The standard InChI is InChI=1S/C9H13NOS/c1-3-6-11-9-5-4-8(12-2)7-10-9/h4-5,7H,3,6H2,1-2H3. The SMILES string of the molecule is CCCOc1ccc(SC)cn1. The molecule has 0 radical (unpaired) electrons. The van der Waals surface area contributed by atoms with Gasteiger partial charge in [0.1, 0.15) is 0 Å². The van der Waals surface area contributed by atoms with Crippen molar-refractivity contribution in [1.82, 2.24) is 4.98 Å². The van der Waals surface area contributed by atoms with Gasteiger partial charge in [0.15, 0.2) is 0 Å². The van der Waals surface area contributed by atoms with Gasteiger partial charge in [0.2, 0.25) is 5.88 Å². The smallest absolute Gasteiger partial charge is 0.213 e. The number of thioether (sulfide) groups is 1. The van der Waals surface area contributed by atoms with Crippen LogP contribution in [0.5, 0.6) is 5.88 Å². The second kappa shape index (κ2) is 5.04. The van der Waals surface area contributed by atoms with E-state index < -0.39 is 0 Å². The van der Waals surface area contributed by atoms with Crippen LogP contribution in [-0.2, 0) is 0 Å². The molecule has 0 N–H and O–H groups in total. The molecule has 0 saturated heterocycles. The highest BCUT2D eigenvalue weighted by Gasteiger charge is 1.93. The number of ether oxygens (including phenoxy) is 1. The summed E-state index contributed by atoms with van der Waals surface area (Å²) in [6.07, 6.45) is 4.88. The first kappa shape index (κ1) is 9.39. The molecule has 2 nitrogen and oxygen atoms in total. The molecule has 0 spiro atoms. The third-order valence-corrected chi connectivity index (χ3v) is 2.11. The molecule has 1 aromatic heterocycles. The average molecular weight is 183 g/mol. The van der Waals surface area contributed by atoms with Crippen molar-refractivity contribution >= 4 is 11.8 Å². The lowest BCUT2D eigenvalue weighted by atomic mass is 10.5. The summed E-state index contributed by atoms with van der Waals surface area (Å²) in [5.74, 6) is 0.717. The summed E-state index contributed by atoms with van der Waals surface area (Å²) in [6.45, 7) is 2.82. The Morgan fingerprint density at radius 3 is 2.83 bits per heavy atom. The Morgan fingerprint density at radius 2 is 2.33 bits per heavy atom. The van der Waals surface area contributed by atoms with Crippen LogP contribution in [0.15, 0.2) is 23.2 Å². The normalized spacial score (nSPS) is 9.83. The summed E-state index contributed by atoms with van der Waals surface area (Å²) < 4.78 is 5.33. The number of pyridine rings is 1. The van der Waals surface area contributed by atoms with Crippen molar-refractivity contribution in [3.8, 4) is 5.88 Å². The van der Waals surface area contributed by atoms with Crippen LogP contribution in [-0.4, -0.2) is 17.8 Å². The van der Waals surface area contributed by atoms with Crippen LogP contribution in [0.4, 0.5) is 0 Å². The van der Waals surface area contributed by atoms with Crippen LogP contribution in [0.3, 0.4) is 0 Å². The van der Waals surface area contributed by atoms with Gasteiger partial charge in [-0.2, -0.15) is 0 Å². The summed E-state index contributed by atoms with van der Waals surface area (Å²) in [7, 11) is 0. The van der Waals surface area contributed by atoms with Gasteiger partial charge in [0, 0.05) is 17.2 Å². The minimum absolute atomic E-state index is 0.717. The van der Waals surface area contributed by atoms with Crippen molar-refractivity contribution in [2.45, 2.75) is 18.2 Å². The minimum atomic E-state index is 0.717. The fourth-order valence-corrected chi connectivity index (χ4v) is 1.14. The number of aromatic nitrogens is 1. The number of hydrogen-bond donors (Lipinski definition) is 0. The van der Waals surface area contributed by atoms with Gasteiger partial charge in [-0.1, -0.05) is 6.92 Å². The molecule has 0 saturated carbocycles. The fraction of sp³-hybridized carbons (Fsp3) is 0.444. The third-order valence-electron chi connectivity index (χ3n) is 1.40. The Bertz CT molecular complexity index is 222. The predicted octanol–water partition coefficient (Wildman–Crippen LogP) is 2.59. The zero-order chi connectivity index (χ0) is 8.81. The Hall–Kier alpha value is -0.700. The van der Waals surface area contributed by atoms with Gasteiger partial charge in [-0.05, 0) is 18.7 Å². The van der Waals surface area contributed by atoms with Crippen LogP contribution in [0.1, 0.15) is 13.3 Å². The molecule has 0 aliphatic heterocycles. The maximum Gasteiger partial charge on any atom is 0.213 e. The van der Waals surface area contributed by atoms with E-state index in [9.17, 15) is 0 Å². The molecule has 0 atom stereocenters. The summed E-state index contributed by atoms with van der Waals surface area (Å²) in [5.41, 5.74) is 0. The summed E-state index contributed by atoms with van der Waals surface area (Å²) in [6, 6.07) is 3.92. The van der Waals surface area contributed by atoms with Crippen molar-refractivity contribution < 1.29 is 4.74 Å². The lowest BCUT2D eigenvalue weighted by Crippen LogP contribution is -1.96. The van der Waals surface area contributed by atoms with Crippen molar-refractivity contribution in [3.05, 3.63) is 18.3 Å². The quantitative estimate of drug-likeness (QED) is 0.670. The largest absolute Gasteiger partial charge is 0.478 e. The van der Waals surface area contributed by atoms with Crippen molar-refractivity contribution in [1.29, 1.82) is 0 Å². The molecule has 0 unspecified atom stereocenters. The van der Waals surface area contributed by atoms with Crippen molar-refractivity contribution in [2.24, 2.45) is 0 Å². The minimum Gasteiger partial charge on any atom is -0.478 e. The summed E-state index contributed by atoms with van der Waals surface area (Å²) in [5, 5.41) is 0. The van der Waals surface area contributed by atoms with Gasteiger partial charge in [-0.25, -0.2) is 4.98 Å². The Balaban J connectivity index is 2.53. The fourth-order valence-electron chi connectivity index (χ4n) is 0.779. The number of hydrogen-bond acceptors (Lipinski definition) is 3. The van der Waals surface area contributed by atoms with Crippen molar-refractivity contribution in [2.75, 3.05) is 12.9 Å². The predicted molar refractivity (Wildman–Crippen MR) is 51.8 cm³/mol. The van der Waals surface area contributed by atoms with Crippen LogP contribution in [0, 0.1) is 0 Å². The first-order valence-electron chi connectivity index (χ1n) is 3.99. The molecular formula is C9H13NOS. The number of nitrogens with zero attached hydrogens (tertiary/aromatic N) is 1. The first-order valence-corrected chi connectivity index (χ1v) is 5.22. The van der Waals surface area contributed by atoms with Gasteiger partial charge in [0.05, 0.1) is 6.61 Å². The number of rotatable bonds is 4. The molecule has 3 heteroatoms. The summed E-state index contributed by atoms with van der Waals surface area (Å²) >= 11 is 1.68.